The summed E-state index contributed by atoms with van der Waals surface area (Å²) in [7, 11) is 0. The van der Waals surface area contributed by atoms with Crippen molar-refractivity contribution >= 4 is 11.7 Å². The molecule has 0 unspecified atom stereocenters. The number of nitrogens with zero attached hydrogens (tertiary/aromatic N) is 3. The third-order valence-corrected chi connectivity index (χ3v) is 1.11. The summed E-state index contributed by atoms with van der Waals surface area (Å²) in [6.45, 7) is 1.76. The first-order valence-electron chi connectivity index (χ1n) is 3.03. The maximum Gasteiger partial charge on any atom is 0.312 e. The highest BCUT2D eigenvalue weighted by Gasteiger charge is 2.03. The Morgan fingerprint density at radius 2 is 2.36 bits per heavy atom. The summed E-state index contributed by atoms with van der Waals surface area (Å²) in [5, 5.41) is 10.5. The molecule has 0 aliphatic carbocycles. The van der Waals surface area contributed by atoms with Crippen molar-refractivity contribution in [2.24, 2.45) is 10.9 Å². The number of hydrogen-bond acceptors (Lipinski definition) is 6. The molecule has 11 heavy (non-hydrogen) atoms. The quantitative estimate of drug-likeness (QED) is 0.341. The van der Waals surface area contributed by atoms with Gasteiger partial charge in [-0.15, -0.1) is 5.10 Å². The highest BCUT2D eigenvalue weighted by atomic mass is 16.4. The zero-order valence-electron chi connectivity index (χ0n) is 6.11. The molecule has 1 aromatic heterocycles. The van der Waals surface area contributed by atoms with E-state index in [0.29, 0.717) is 18.0 Å². The number of aromatic nitrogens is 2. The molecular weight excluding hydrogens is 146 g/mol. The van der Waals surface area contributed by atoms with Crippen molar-refractivity contribution in [2.45, 2.75) is 13.3 Å². The molecule has 0 radical (unpaired) electrons. The molecule has 60 valence electrons. The lowest BCUT2D eigenvalue weighted by Gasteiger charge is -1.90. The summed E-state index contributed by atoms with van der Waals surface area (Å²) in [4.78, 5) is 0. The largest absolute Gasteiger partial charge is 0.408 e. The second kappa shape index (κ2) is 3.00. The summed E-state index contributed by atoms with van der Waals surface area (Å²) in [5.74, 6) is 5.42. The van der Waals surface area contributed by atoms with E-state index in [0.717, 1.165) is 0 Å². The maximum absolute atomic E-state index is 5.18. The number of rotatable bonds is 2. The zero-order chi connectivity index (χ0) is 8.27. The Morgan fingerprint density at radius 3 is 2.82 bits per heavy atom. The van der Waals surface area contributed by atoms with Crippen molar-refractivity contribution in [2.75, 3.05) is 5.73 Å². The maximum atomic E-state index is 5.18. The van der Waals surface area contributed by atoms with E-state index in [4.69, 9.17) is 16.0 Å². The van der Waals surface area contributed by atoms with Crippen LogP contribution in [0.5, 0.6) is 0 Å². The Morgan fingerprint density at radius 1 is 1.64 bits per heavy atom. The van der Waals surface area contributed by atoms with Gasteiger partial charge in [0.1, 0.15) is 0 Å². The van der Waals surface area contributed by atoms with Crippen molar-refractivity contribution in [1.29, 1.82) is 0 Å². The van der Waals surface area contributed by atoms with E-state index in [-0.39, 0.29) is 6.01 Å². The molecular formula is C5H9N5O. The molecule has 1 heterocycles. The van der Waals surface area contributed by atoms with Gasteiger partial charge in [-0.05, 0) is 6.92 Å². The van der Waals surface area contributed by atoms with Crippen LogP contribution in [-0.4, -0.2) is 15.9 Å². The molecule has 0 fully saturated rings. The monoisotopic (exact) mass is 155 g/mol. The van der Waals surface area contributed by atoms with E-state index in [1.165, 1.54) is 0 Å². The van der Waals surface area contributed by atoms with Crippen molar-refractivity contribution in [3.05, 3.63) is 5.89 Å². The predicted octanol–water partition coefficient (Wildman–Crippen LogP) is -0.471. The van der Waals surface area contributed by atoms with Crippen LogP contribution in [0.25, 0.3) is 0 Å². The number of hydrogen-bond donors (Lipinski definition) is 2. The van der Waals surface area contributed by atoms with Gasteiger partial charge in [-0.3, -0.25) is 0 Å². The topological polar surface area (TPSA) is 103 Å². The molecule has 0 aromatic carbocycles. The Hall–Kier alpha value is -1.59. The van der Waals surface area contributed by atoms with E-state index >= 15 is 0 Å². The smallest absolute Gasteiger partial charge is 0.312 e. The lowest BCUT2D eigenvalue weighted by Crippen LogP contribution is -2.01. The minimum Gasteiger partial charge on any atom is -0.408 e. The normalized spacial score (nSPS) is 11.9. The van der Waals surface area contributed by atoms with Gasteiger partial charge < -0.3 is 16.0 Å². The predicted molar refractivity (Wildman–Crippen MR) is 39.7 cm³/mol. The Labute approximate surface area is 63.3 Å². The third-order valence-electron chi connectivity index (χ3n) is 1.11. The van der Waals surface area contributed by atoms with Gasteiger partial charge in [0.25, 0.3) is 0 Å². The fraction of sp³-hybridized carbons (Fsp3) is 0.400. The highest BCUT2D eigenvalue weighted by Crippen LogP contribution is 2.01. The van der Waals surface area contributed by atoms with Crippen LogP contribution < -0.4 is 11.6 Å². The molecule has 0 aliphatic heterocycles. The van der Waals surface area contributed by atoms with Crippen LogP contribution in [0.2, 0.25) is 0 Å². The van der Waals surface area contributed by atoms with Crippen LogP contribution in [0, 0.1) is 0 Å². The Bertz CT molecular complexity index is 266. The van der Waals surface area contributed by atoms with Gasteiger partial charge >= 0.3 is 6.01 Å². The van der Waals surface area contributed by atoms with Gasteiger partial charge in [-0.25, -0.2) is 0 Å². The van der Waals surface area contributed by atoms with Gasteiger partial charge in [0.05, 0.1) is 6.42 Å². The molecule has 6 nitrogen and oxygen atoms in total. The highest BCUT2D eigenvalue weighted by molar-refractivity contribution is 5.82. The molecule has 0 atom stereocenters. The first kappa shape index (κ1) is 7.52. The molecule has 4 N–H and O–H groups in total. The number of nitrogens with two attached hydrogens (primary N) is 2. The standard InChI is InChI=1S/C5H9N5O/c1-3(8-7)2-4-9-10-5(6)11-4/h2,7H2,1H3,(H2,6,10)/b8-3+. The minimum atomic E-state index is 0.0600. The van der Waals surface area contributed by atoms with Gasteiger partial charge in [0.15, 0.2) is 0 Å². The molecule has 0 aliphatic rings. The van der Waals surface area contributed by atoms with Crippen LogP contribution in [-0.2, 0) is 6.42 Å². The fourth-order valence-corrected chi connectivity index (χ4v) is 0.603. The molecule has 0 saturated heterocycles. The second-order valence-electron chi connectivity index (χ2n) is 2.08. The first-order valence-corrected chi connectivity index (χ1v) is 3.03. The van der Waals surface area contributed by atoms with Gasteiger partial charge in [0, 0.05) is 5.71 Å². The van der Waals surface area contributed by atoms with Gasteiger partial charge in [-0.2, -0.15) is 5.10 Å². The van der Waals surface area contributed by atoms with E-state index in [2.05, 4.69) is 15.3 Å². The van der Waals surface area contributed by atoms with Crippen LogP contribution in [0.4, 0.5) is 6.01 Å². The van der Waals surface area contributed by atoms with Crippen molar-refractivity contribution in [3.63, 3.8) is 0 Å². The number of nitrogen functional groups attached to an aromatic ring is 1. The Kier molecular flexibility index (Phi) is 2.05. The van der Waals surface area contributed by atoms with Crippen molar-refractivity contribution in [1.82, 2.24) is 10.2 Å². The molecule has 0 saturated carbocycles. The minimum absolute atomic E-state index is 0.0600. The summed E-state index contributed by atoms with van der Waals surface area (Å²) in [6.07, 6.45) is 0.445. The van der Waals surface area contributed by atoms with Gasteiger partial charge in [0.2, 0.25) is 5.89 Å². The summed E-state index contributed by atoms with van der Waals surface area (Å²) >= 11 is 0. The lowest BCUT2D eigenvalue weighted by atomic mass is 10.3. The molecule has 1 rings (SSSR count). The van der Waals surface area contributed by atoms with E-state index in [1.807, 2.05) is 0 Å². The Balaban J connectivity index is 2.65. The fourth-order valence-electron chi connectivity index (χ4n) is 0.603. The van der Waals surface area contributed by atoms with E-state index in [1.54, 1.807) is 6.92 Å². The SMILES string of the molecule is C/C(Cc1nnc(N)o1)=N\N. The molecule has 0 amide bonds. The van der Waals surface area contributed by atoms with Gasteiger partial charge in [-0.1, -0.05) is 5.10 Å². The van der Waals surface area contributed by atoms with Crippen LogP contribution >= 0.6 is 0 Å². The lowest BCUT2D eigenvalue weighted by molar-refractivity contribution is 0.528. The second-order valence-corrected chi connectivity index (χ2v) is 2.08. The summed E-state index contributed by atoms with van der Waals surface area (Å²) in [5.41, 5.74) is 5.90. The first-order chi connectivity index (χ1) is 5.22. The average Bonchev–Trinajstić information content (AvgIpc) is 2.35. The van der Waals surface area contributed by atoms with Crippen molar-refractivity contribution in [3.8, 4) is 0 Å². The molecule has 6 heteroatoms. The molecule has 1 aromatic rings. The summed E-state index contributed by atoms with van der Waals surface area (Å²) < 4.78 is 4.88. The summed E-state index contributed by atoms with van der Waals surface area (Å²) in [6, 6.07) is 0.0600. The number of hydrazone groups is 1. The van der Waals surface area contributed by atoms with Crippen LogP contribution in [0.3, 0.4) is 0 Å². The van der Waals surface area contributed by atoms with Crippen LogP contribution in [0.1, 0.15) is 12.8 Å². The zero-order valence-corrected chi connectivity index (χ0v) is 6.11. The average molecular weight is 155 g/mol. The molecule has 0 spiro atoms. The van der Waals surface area contributed by atoms with Crippen LogP contribution in [0.15, 0.2) is 9.52 Å². The van der Waals surface area contributed by atoms with Crippen molar-refractivity contribution < 1.29 is 4.42 Å². The van der Waals surface area contributed by atoms with E-state index in [9.17, 15) is 0 Å². The molecule has 0 bridgehead atoms. The number of anilines is 1. The third kappa shape index (κ3) is 1.92. The van der Waals surface area contributed by atoms with E-state index < -0.39 is 0 Å².